The summed E-state index contributed by atoms with van der Waals surface area (Å²) in [6, 6.07) is 0. The minimum Gasteiger partial charge on any atom is -0.317 e. The summed E-state index contributed by atoms with van der Waals surface area (Å²) in [4.78, 5) is 11.2. The molecule has 0 unspecified atom stereocenters. The first-order chi connectivity index (χ1) is 6.47. The molecular formula is C12H23NO. The Hall–Kier alpha value is -0.370. The fraction of sp³-hybridized carbons (Fsp3) is 0.917. The van der Waals surface area contributed by atoms with Gasteiger partial charge in [0.1, 0.15) is 6.29 Å². The van der Waals surface area contributed by atoms with E-state index in [2.05, 4.69) is 26.1 Å². The van der Waals surface area contributed by atoms with Gasteiger partial charge >= 0.3 is 0 Å². The lowest BCUT2D eigenvalue weighted by Gasteiger charge is -2.34. The first-order valence-electron chi connectivity index (χ1n) is 5.65. The largest absolute Gasteiger partial charge is 0.317 e. The zero-order chi connectivity index (χ0) is 10.7. The van der Waals surface area contributed by atoms with Gasteiger partial charge in [-0.15, -0.1) is 0 Å². The number of nitrogens with one attached hydrogen (secondary N) is 1. The average Bonchev–Trinajstić information content (AvgIpc) is 2.15. The molecule has 82 valence electrons. The third-order valence-electron chi connectivity index (χ3n) is 3.22. The number of rotatable bonds is 3. The fourth-order valence-corrected chi connectivity index (χ4v) is 1.98. The molecule has 0 atom stereocenters. The van der Waals surface area contributed by atoms with Crippen molar-refractivity contribution in [2.45, 2.75) is 46.5 Å². The van der Waals surface area contributed by atoms with E-state index in [1.807, 2.05) is 0 Å². The normalized spacial score (nSPS) is 21.9. The first-order valence-corrected chi connectivity index (χ1v) is 5.65. The fourth-order valence-electron chi connectivity index (χ4n) is 1.98. The van der Waals surface area contributed by atoms with Crippen LogP contribution in [0.1, 0.15) is 46.5 Å². The van der Waals surface area contributed by atoms with Gasteiger partial charge in [0.05, 0.1) is 0 Å². The highest BCUT2D eigenvalue weighted by Gasteiger charge is 2.32. The van der Waals surface area contributed by atoms with Crippen molar-refractivity contribution in [1.29, 1.82) is 0 Å². The molecule has 1 fully saturated rings. The highest BCUT2D eigenvalue weighted by Crippen LogP contribution is 2.35. The van der Waals surface area contributed by atoms with Crippen LogP contribution < -0.4 is 5.32 Å². The second kappa shape index (κ2) is 4.43. The van der Waals surface area contributed by atoms with Gasteiger partial charge in [0.15, 0.2) is 0 Å². The number of aldehydes is 1. The highest BCUT2D eigenvalue weighted by molar-refractivity contribution is 5.59. The summed E-state index contributed by atoms with van der Waals surface area (Å²) >= 11 is 0. The Bertz CT molecular complexity index is 187. The number of piperidine rings is 1. The molecule has 2 heteroatoms. The molecule has 0 aromatic heterocycles. The molecule has 1 saturated heterocycles. The average molecular weight is 197 g/mol. The standard InChI is InChI=1S/C12H23NO/c1-11(2,3)4-5-12(10-14)6-8-13-9-7-12/h10,13H,4-9H2,1-3H3. The molecule has 14 heavy (non-hydrogen) atoms. The van der Waals surface area contributed by atoms with E-state index >= 15 is 0 Å². The van der Waals surface area contributed by atoms with E-state index in [0.717, 1.165) is 38.8 Å². The summed E-state index contributed by atoms with van der Waals surface area (Å²) in [6.45, 7) is 8.73. The van der Waals surface area contributed by atoms with Crippen molar-refractivity contribution < 1.29 is 4.79 Å². The van der Waals surface area contributed by atoms with Gasteiger partial charge in [0.25, 0.3) is 0 Å². The van der Waals surface area contributed by atoms with Crippen molar-refractivity contribution in [3.63, 3.8) is 0 Å². The molecule has 0 aromatic carbocycles. The van der Waals surface area contributed by atoms with Crippen LogP contribution in [0, 0.1) is 10.8 Å². The highest BCUT2D eigenvalue weighted by atomic mass is 16.1. The number of hydrogen-bond acceptors (Lipinski definition) is 2. The van der Waals surface area contributed by atoms with Crippen LogP contribution in [0.5, 0.6) is 0 Å². The molecule has 0 spiro atoms. The second-order valence-corrected chi connectivity index (χ2v) is 5.79. The molecular weight excluding hydrogens is 174 g/mol. The molecule has 0 aliphatic carbocycles. The van der Waals surface area contributed by atoms with Crippen molar-refractivity contribution in [2.75, 3.05) is 13.1 Å². The van der Waals surface area contributed by atoms with Crippen LogP contribution in [-0.4, -0.2) is 19.4 Å². The van der Waals surface area contributed by atoms with E-state index in [1.54, 1.807) is 0 Å². The van der Waals surface area contributed by atoms with E-state index in [9.17, 15) is 4.79 Å². The van der Waals surface area contributed by atoms with Crippen molar-refractivity contribution in [3.05, 3.63) is 0 Å². The van der Waals surface area contributed by atoms with Gasteiger partial charge in [-0.3, -0.25) is 0 Å². The van der Waals surface area contributed by atoms with Crippen LogP contribution in [0.4, 0.5) is 0 Å². The monoisotopic (exact) mass is 197 g/mol. The maximum absolute atomic E-state index is 11.2. The molecule has 0 amide bonds. The van der Waals surface area contributed by atoms with Crippen molar-refractivity contribution in [1.82, 2.24) is 5.32 Å². The maximum Gasteiger partial charge on any atom is 0.126 e. The van der Waals surface area contributed by atoms with Crippen LogP contribution >= 0.6 is 0 Å². The summed E-state index contributed by atoms with van der Waals surface area (Å²) < 4.78 is 0. The third-order valence-corrected chi connectivity index (χ3v) is 3.22. The summed E-state index contributed by atoms with van der Waals surface area (Å²) in [5, 5.41) is 3.31. The number of carbonyl (C=O) groups excluding carboxylic acids is 1. The predicted molar refractivity (Wildman–Crippen MR) is 59.3 cm³/mol. The van der Waals surface area contributed by atoms with Gasteiger partial charge in [-0.1, -0.05) is 20.8 Å². The minimum absolute atomic E-state index is 0.0153. The summed E-state index contributed by atoms with van der Waals surface area (Å²) in [6.07, 6.45) is 5.45. The zero-order valence-electron chi connectivity index (χ0n) is 9.73. The summed E-state index contributed by atoms with van der Waals surface area (Å²) in [5.41, 5.74) is 0.333. The van der Waals surface area contributed by atoms with E-state index in [1.165, 1.54) is 6.29 Å². The maximum atomic E-state index is 11.2. The Morgan fingerprint density at radius 1 is 1.29 bits per heavy atom. The van der Waals surface area contributed by atoms with Gasteiger partial charge < -0.3 is 10.1 Å². The first kappa shape index (κ1) is 11.7. The van der Waals surface area contributed by atoms with E-state index < -0.39 is 0 Å². The lowest BCUT2D eigenvalue weighted by Crippen LogP contribution is -2.38. The lowest BCUT2D eigenvalue weighted by atomic mass is 9.73. The number of hydrogen-bond donors (Lipinski definition) is 1. The van der Waals surface area contributed by atoms with E-state index in [-0.39, 0.29) is 5.41 Å². The number of carbonyl (C=O) groups is 1. The van der Waals surface area contributed by atoms with Gasteiger partial charge in [-0.05, 0) is 44.2 Å². The molecule has 2 nitrogen and oxygen atoms in total. The SMILES string of the molecule is CC(C)(C)CCC1(C=O)CCNCC1. The van der Waals surface area contributed by atoms with Gasteiger partial charge in [-0.25, -0.2) is 0 Å². The molecule has 0 radical (unpaired) electrons. The molecule has 1 aliphatic heterocycles. The van der Waals surface area contributed by atoms with Crippen molar-refractivity contribution in [2.24, 2.45) is 10.8 Å². The molecule has 1 N–H and O–H groups in total. The lowest BCUT2D eigenvalue weighted by molar-refractivity contribution is -0.118. The smallest absolute Gasteiger partial charge is 0.126 e. The Kier molecular flexibility index (Phi) is 3.71. The Morgan fingerprint density at radius 2 is 1.86 bits per heavy atom. The van der Waals surface area contributed by atoms with Crippen LogP contribution in [0.2, 0.25) is 0 Å². The second-order valence-electron chi connectivity index (χ2n) is 5.79. The topological polar surface area (TPSA) is 29.1 Å². The van der Waals surface area contributed by atoms with Crippen LogP contribution in [0.25, 0.3) is 0 Å². The molecule has 1 rings (SSSR count). The van der Waals surface area contributed by atoms with E-state index in [0.29, 0.717) is 5.41 Å². The molecule has 0 saturated carbocycles. The van der Waals surface area contributed by atoms with Crippen molar-refractivity contribution >= 4 is 6.29 Å². The predicted octanol–water partition coefficient (Wildman–Crippen LogP) is 2.38. The molecule has 0 bridgehead atoms. The van der Waals surface area contributed by atoms with Crippen LogP contribution in [0.15, 0.2) is 0 Å². The summed E-state index contributed by atoms with van der Waals surface area (Å²) in [7, 11) is 0. The van der Waals surface area contributed by atoms with Gasteiger partial charge in [0, 0.05) is 5.41 Å². The quantitative estimate of drug-likeness (QED) is 0.704. The third kappa shape index (κ3) is 3.41. The minimum atomic E-state index is -0.0153. The van der Waals surface area contributed by atoms with Gasteiger partial charge in [0.2, 0.25) is 0 Å². The molecule has 1 heterocycles. The van der Waals surface area contributed by atoms with Gasteiger partial charge in [-0.2, -0.15) is 0 Å². The van der Waals surface area contributed by atoms with E-state index in [4.69, 9.17) is 0 Å². The summed E-state index contributed by atoms with van der Waals surface area (Å²) in [5.74, 6) is 0. The molecule has 0 aromatic rings. The van der Waals surface area contributed by atoms with Crippen LogP contribution in [-0.2, 0) is 4.79 Å². The Labute approximate surface area is 87.5 Å². The molecule has 1 aliphatic rings. The van der Waals surface area contributed by atoms with Crippen molar-refractivity contribution in [3.8, 4) is 0 Å². The van der Waals surface area contributed by atoms with Crippen LogP contribution in [0.3, 0.4) is 0 Å². The zero-order valence-corrected chi connectivity index (χ0v) is 9.73. The Balaban J connectivity index is 2.48. The Morgan fingerprint density at radius 3 is 2.29 bits per heavy atom.